The number of hydrogen-bond donors (Lipinski definition) is 3. The minimum Gasteiger partial charge on any atom is -0.396 e. The molecule has 0 saturated heterocycles. The number of hydrogen-bond acceptors (Lipinski definition) is 3. The van der Waals surface area contributed by atoms with Crippen LogP contribution in [-0.2, 0) is 4.79 Å². The van der Waals surface area contributed by atoms with Crippen LogP contribution in [0.3, 0.4) is 0 Å². The highest BCUT2D eigenvalue weighted by Gasteiger charge is 2.37. The van der Waals surface area contributed by atoms with Crippen molar-refractivity contribution in [2.45, 2.75) is 51.4 Å². The van der Waals surface area contributed by atoms with Gasteiger partial charge in [-0.05, 0) is 49.5 Å². The van der Waals surface area contributed by atoms with Crippen molar-refractivity contribution in [1.29, 1.82) is 0 Å². The van der Waals surface area contributed by atoms with Crippen molar-refractivity contribution in [3.05, 3.63) is 0 Å². The zero-order valence-electron chi connectivity index (χ0n) is 11.9. The SMILES string of the molecule is NCC1(CC(=O)NCC2CCCCC2CO)CCC1. The fourth-order valence-corrected chi connectivity index (χ4v) is 3.57. The molecule has 0 aromatic carbocycles. The van der Waals surface area contributed by atoms with Crippen LogP contribution in [0, 0.1) is 17.3 Å². The Kier molecular flexibility index (Phi) is 5.22. The molecule has 2 unspecified atom stereocenters. The third-order valence-electron chi connectivity index (χ3n) is 5.25. The molecule has 0 aromatic heterocycles. The Morgan fingerprint density at radius 3 is 2.42 bits per heavy atom. The summed E-state index contributed by atoms with van der Waals surface area (Å²) in [7, 11) is 0. The fraction of sp³-hybridized carbons (Fsp3) is 0.933. The van der Waals surface area contributed by atoms with Crippen LogP contribution in [-0.4, -0.2) is 30.7 Å². The Labute approximate surface area is 116 Å². The zero-order chi connectivity index (χ0) is 13.7. The van der Waals surface area contributed by atoms with Gasteiger partial charge in [-0.25, -0.2) is 0 Å². The van der Waals surface area contributed by atoms with Crippen LogP contribution in [0.25, 0.3) is 0 Å². The van der Waals surface area contributed by atoms with Crippen LogP contribution in [0.2, 0.25) is 0 Å². The third-order valence-corrected chi connectivity index (χ3v) is 5.25. The first-order valence-corrected chi connectivity index (χ1v) is 7.77. The number of carbonyl (C=O) groups is 1. The van der Waals surface area contributed by atoms with Crippen LogP contribution < -0.4 is 11.1 Å². The topological polar surface area (TPSA) is 75.4 Å². The Bertz CT molecular complexity index is 297. The predicted octanol–water partition coefficient (Wildman–Crippen LogP) is 1.42. The van der Waals surface area contributed by atoms with E-state index in [1.54, 1.807) is 0 Å². The molecular weight excluding hydrogens is 240 g/mol. The molecule has 0 spiro atoms. The van der Waals surface area contributed by atoms with Crippen LogP contribution >= 0.6 is 0 Å². The minimum atomic E-state index is 0.0903. The van der Waals surface area contributed by atoms with Crippen molar-refractivity contribution in [2.75, 3.05) is 19.7 Å². The second-order valence-corrected chi connectivity index (χ2v) is 6.53. The molecule has 4 N–H and O–H groups in total. The average molecular weight is 268 g/mol. The van der Waals surface area contributed by atoms with Gasteiger partial charge in [0, 0.05) is 19.6 Å². The van der Waals surface area contributed by atoms with Gasteiger partial charge in [-0.2, -0.15) is 0 Å². The van der Waals surface area contributed by atoms with Gasteiger partial charge in [-0.3, -0.25) is 4.79 Å². The molecule has 2 saturated carbocycles. The summed E-state index contributed by atoms with van der Waals surface area (Å²) in [6.45, 7) is 1.61. The molecule has 2 fully saturated rings. The number of carbonyl (C=O) groups excluding carboxylic acids is 1. The Morgan fingerprint density at radius 2 is 1.89 bits per heavy atom. The summed E-state index contributed by atoms with van der Waals surface area (Å²) < 4.78 is 0. The van der Waals surface area contributed by atoms with Crippen molar-refractivity contribution in [3.8, 4) is 0 Å². The van der Waals surface area contributed by atoms with Gasteiger partial charge in [0.15, 0.2) is 0 Å². The molecule has 1 amide bonds. The maximum absolute atomic E-state index is 12.0. The van der Waals surface area contributed by atoms with Gasteiger partial charge in [-0.1, -0.05) is 19.3 Å². The van der Waals surface area contributed by atoms with E-state index in [0.29, 0.717) is 24.8 Å². The lowest BCUT2D eigenvalue weighted by Crippen LogP contribution is -2.43. The number of nitrogens with one attached hydrogen (secondary N) is 1. The van der Waals surface area contributed by atoms with Crippen molar-refractivity contribution in [2.24, 2.45) is 23.0 Å². The van der Waals surface area contributed by atoms with E-state index in [1.165, 1.54) is 19.3 Å². The van der Waals surface area contributed by atoms with Gasteiger partial charge in [-0.15, -0.1) is 0 Å². The van der Waals surface area contributed by atoms with E-state index in [4.69, 9.17) is 5.73 Å². The van der Waals surface area contributed by atoms with Crippen LogP contribution in [0.5, 0.6) is 0 Å². The second kappa shape index (κ2) is 6.71. The summed E-state index contributed by atoms with van der Waals surface area (Å²) in [5, 5.41) is 12.4. The molecule has 4 heteroatoms. The van der Waals surface area contributed by atoms with Gasteiger partial charge in [0.05, 0.1) is 0 Å². The molecule has 0 aliphatic heterocycles. The van der Waals surface area contributed by atoms with Crippen LogP contribution in [0.15, 0.2) is 0 Å². The lowest BCUT2D eigenvalue weighted by atomic mass is 9.66. The lowest BCUT2D eigenvalue weighted by Gasteiger charge is -2.40. The smallest absolute Gasteiger partial charge is 0.220 e. The second-order valence-electron chi connectivity index (χ2n) is 6.53. The van der Waals surface area contributed by atoms with Crippen LogP contribution in [0.1, 0.15) is 51.4 Å². The van der Waals surface area contributed by atoms with Crippen molar-refractivity contribution >= 4 is 5.91 Å². The van der Waals surface area contributed by atoms with E-state index >= 15 is 0 Å². The van der Waals surface area contributed by atoms with E-state index in [1.807, 2.05) is 0 Å². The molecule has 2 aliphatic rings. The average Bonchev–Trinajstić information content (AvgIpc) is 2.41. The normalized spacial score (nSPS) is 29.6. The standard InChI is InChI=1S/C15H28N2O2/c16-11-15(6-3-7-15)8-14(19)17-9-12-4-1-2-5-13(12)10-18/h12-13,18H,1-11,16H2,(H,17,19). The highest BCUT2D eigenvalue weighted by molar-refractivity contribution is 5.76. The summed E-state index contributed by atoms with van der Waals surface area (Å²) in [5.74, 6) is 0.978. The van der Waals surface area contributed by atoms with Gasteiger partial charge in [0.2, 0.25) is 5.91 Å². The maximum Gasteiger partial charge on any atom is 0.220 e. The fourth-order valence-electron chi connectivity index (χ4n) is 3.57. The third kappa shape index (κ3) is 3.69. The van der Waals surface area contributed by atoms with E-state index in [-0.39, 0.29) is 17.9 Å². The molecule has 19 heavy (non-hydrogen) atoms. The summed E-state index contributed by atoms with van der Waals surface area (Å²) in [4.78, 5) is 12.0. The number of aliphatic hydroxyl groups excluding tert-OH is 1. The summed E-state index contributed by atoms with van der Waals surface area (Å²) in [5.41, 5.74) is 5.88. The number of aliphatic hydroxyl groups is 1. The van der Waals surface area contributed by atoms with E-state index in [0.717, 1.165) is 32.2 Å². The predicted molar refractivity (Wildman–Crippen MR) is 75.5 cm³/mol. The first kappa shape index (κ1) is 14.8. The van der Waals surface area contributed by atoms with Crippen molar-refractivity contribution in [1.82, 2.24) is 5.32 Å². The Balaban J connectivity index is 1.73. The number of rotatable bonds is 6. The molecule has 0 bridgehead atoms. The number of nitrogens with two attached hydrogens (primary N) is 1. The largest absolute Gasteiger partial charge is 0.396 e. The zero-order valence-corrected chi connectivity index (χ0v) is 11.9. The summed E-state index contributed by atoms with van der Waals surface area (Å²) >= 11 is 0. The molecule has 4 nitrogen and oxygen atoms in total. The molecule has 2 atom stereocenters. The highest BCUT2D eigenvalue weighted by Crippen LogP contribution is 2.42. The molecule has 110 valence electrons. The van der Waals surface area contributed by atoms with Gasteiger partial charge < -0.3 is 16.2 Å². The van der Waals surface area contributed by atoms with Crippen molar-refractivity contribution < 1.29 is 9.90 Å². The molecule has 2 aliphatic carbocycles. The molecule has 0 radical (unpaired) electrons. The Hall–Kier alpha value is -0.610. The van der Waals surface area contributed by atoms with Crippen molar-refractivity contribution in [3.63, 3.8) is 0 Å². The van der Waals surface area contributed by atoms with E-state index in [2.05, 4.69) is 5.32 Å². The molecular formula is C15H28N2O2. The van der Waals surface area contributed by atoms with E-state index < -0.39 is 0 Å². The quantitative estimate of drug-likeness (QED) is 0.682. The highest BCUT2D eigenvalue weighted by atomic mass is 16.3. The van der Waals surface area contributed by atoms with Gasteiger partial charge in [0.1, 0.15) is 0 Å². The first-order chi connectivity index (χ1) is 9.19. The molecule has 0 aromatic rings. The molecule has 0 heterocycles. The maximum atomic E-state index is 12.0. The minimum absolute atomic E-state index is 0.0903. The monoisotopic (exact) mass is 268 g/mol. The van der Waals surface area contributed by atoms with Crippen LogP contribution in [0.4, 0.5) is 0 Å². The Morgan fingerprint density at radius 1 is 1.21 bits per heavy atom. The summed E-state index contributed by atoms with van der Waals surface area (Å²) in [6, 6.07) is 0. The van der Waals surface area contributed by atoms with Gasteiger partial charge >= 0.3 is 0 Å². The van der Waals surface area contributed by atoms with E-state index in [9.17, 15) is 9.90 Å². The first-order valence-electron chi connectivity index (χ1n) is 7.77. The molecule has 2 rings (SSSR count). The lowest BCUT2D eigenvalue weighted by molar-refractivity contribution is -0.125. The van der Waals surface area contributed by atoms with Gasteiger partial charge in [0.25, 0.3) is 0 Å². The summed E-state index contributed by atoms with van der Waals surface area (Å²) in [6.07, 6.45) is 8.66. The number of amides is 1.